The summed E-state index contributed by atoms with van der Waals surface area (Å²) in [7, 11) is 0. The minimum atomic E-state index is 0.264. The van der Waals surface area contributed by atoms with Crippen molar-refractivity contribution in [2.75, 3.05) is 5.32 Å². The van der Waals surface area contributed by atoms with Crippen molar-refractivity contribution in [1.82, 2.24) is 15.0 Å². The monoisotopic (exact) mass is 251 g/mol. The van der Waals surface area contributed by atoms with Crippen LogP contribution in [0.4, 0.5) is 5.95 Å². The molecule has 0 fully saturated rings. The molecule has 2 heterocycles. The Bertz CT molecular complexity index is 482. The van der Waals surface area contributed by atoms with Crippen molar-refractivity contribution in [2.45, 2.75) is 6.54 Å². The molecule has 16 heavy (non-hydrogen) atoms. The lowest BCUT2D eigenvalue weighted by Crippen LogP contribution is -2.13. The fraction of sp³-hybridized carbons (Fsp3) is 0.111. The number of rotatable bonds is 4. The first-order valence-corrected chi connectivity index (χ1v) is 5.79. The molecule has 0 saturated carbocycles. The van der Waals surface area contributed by atoms with E-state index in [9.17, 15) is 0 Å². The van der Waals surface area contributed by atoms with E-state index >= 15 is 0 Å². The molecule has 0 unspecified atom stereocenters. The van der Waals surface area contributed by atoms with E-state index in [1.807, 2.05) is 5.38 Å². The number of anilines is 1. The van der Waals surface area contributed by atoms with Gasteiger partial charge in [0.2, 0.25) is 5.95 Å². The number of hydrogen-bond donors (Lipinski definition) is 2. The zero-order chi connectivity index (χ0) is 11.4. The molecule has 0 aromatic carbocycles. The van der Waals surface area contributed by atoms with E-state index in [1.54, 1.807) is 29.8 Å². The van der Waals surface area contributed by atoms with Crippen molar-refractivity contribution in [3.8, 4) is 0 Å². The third-order valence-electron chi connectivity index (χ3n) is 1.79. The minimum absolute atomic E-state index is 0.264. The summed E-state index contributed by atoms with van der Waals surface area (Å²) in [6.07, 6.45) is 3.37. The quantitative estimate of drug-likeness (QED) is 0.795. The van der Waals surface area contributed by atoms with Crippen molar-refractivity contribution >= 4 is 34.5 Å². The summed E-state index contributed by atoms with van der Waals surface area (Å²) in [6, 6.07) is 1.68. The number of thiocarbonyl (C=S) groups is 1. The molecule has 2 aromatic rings. The Hall–Kier alpha value is -1.60. The second-order valence-electron chi connectivity index (χ2n) is 2.91. The maximum absolute atomic E-state index is 5.48. The zero-order valence-electron chi connectivity index (χ0n) is 8.25. The van der Waals surface area contributed by atoms with E-state index < -0.39 is 0 Å². The van der Waals surface area contributed by atoms with Crippen molar-refractivity contribution in [2.24, 2.45) is 5.73 Å². The van der Waals surface area contributed by atoms with E-state index in [0.29, 0.717) is 18.2 Å². The van der Waals surface area contributed by atoms with Gasteiger partial charge >= 0.3 is 0 Å². The molecule has 0 aliphatic heterocycles. The first-order valence-electron chi connectivity index (χ1n) is 4.51. The van der Waals surface area contributed by atoms with Gasteiger partial charge in [-0.3, -0.25) is 0 Å². The average molecular weight is 251 g/mol. The lowest BCUT2D eigenvalue weighted by molar-refractivity contribution is 1.03. The number of thiazole rings is 1. The smallest absolute Gasteiger partial charge is 0.223 e. The van der Waals surface area contributed by atoms with E-state index in [0.717, 1.165) is 5.01 Å². The third kappa shape index (κ3) is 2.71. The van der Waals surface area contributed by atoms with Crippen LogP contribution in [-0.4, -0.2) is 19.9 Å². The molecule has 0 bridgehead atoms. The fourth-order valence-corrected chi connectivity index (χ4v) is 1.75. The molecule has 0 aliphatic rings. The van der Waals surface area contributed by atoms with Crippen LogP contribution < -0.4 is 11.1 Å². The molecule has 5 nitrogen and oxygen atoms in total. The molecule has 2 aromatic heterocycles. The largest absolute Gasteiger partial charge is 0.388 e. The Balaban J connectivity index is 2.04. The Morgan fingerprint density at radius 1 is 1.44 bits per heavy atom. The summed E-state index contributed by atoms with van der Waals surface area (Å²) >= 11 is 6.41. The zero-order valence-corrected chi connectivity index (χ0v) is 9.88. The van der Waals surface area contributed by atoms with E-state index in [1.165, 1.54) is 0 Å². The van der Waals surface area contributed by atoms with E-state index in [2.05, 4.69) is 20.3 Å². The van der Waals surface area contributed by atoms with Crippen molar-refractivity contribution in [3.63, 3.8) is 0 Å². The Morgan fingerprint density at radius 3 is 3.00 bits per heavy atom. The van der Waals surface area contributed by atoms with Crippen LogP contribution >= 0.6 is 23.6 Å². The standard InChI is InChI=1S/C9H9N5S2/c10-8(15)6-1-2-12-9(14-6)13-5-7-11-3-4-16-7/h1-4H,5H2,(H2,10,15)(H,12,13,14). The Morgan fingerprint density at radius 2 is 2.31 bits per heavy atom. The van der Waals surface area contributed by atoms with Crippen LogP contribution in [0.15, 0.2) is 23.8 Å². The molecule has 0 atom stereocenters. The highest BCUT2D eigenvalue weighted by atomic mass is 32.1. The summed E-state index contributed by atoms with van der Waals surface area (Å²) in [4.78, 5) is 12.6. The van der Waals surface area contributed by atoms with Gasteiger partial charge in [-0.05, 0) is 6.07 Å². The van der Waals surface area contributed by atoms with E-state index in [-0.39, 0.29) is 4.99 Å². The van der Waals surface area contributed by atoms with Gasteiger partial charge in [-0.2, -0.15) is 0 Å². The molecule has 2 rings (SSSR count). The first kappa shape index (κ1) is 10.9. The van der Waals surface area contributed by atoms with Crippen molar-refractivity contribution in [1.29, 1.82) is 0 Å². The molecule has 0 radical (unpaired) electrons. The first-order chi connectivity index (χ1) is 7.75. The number of nitrogens with zero attached hydrogens (tertiary/aromatic N) is 3. The maximum Gasteiger partial charge on any atom is 0.223 e. The van der Waals surface area contributed by atoms with E-state index in [4.69, 9.17) is 18.0 Å². The third-order valence-corrected chi connectivity index (χ3v) is 2.78. The van der Waals surface area contributed by atoms with Crippen LogP contribution in [0.2, 0.25) is 0 Å². The molecule has 0 spiro atoms. The number of nitrogens with two attached hydrogens (primary N) is 1. The van der Waals surface area contributed by atoms with Gasteiger partial charge < -0.3 is 11.1 Å². The lowest BCUT2D eigenvalue weighted by atomic mass is 10.4. The number of aromatic nitrogens is 3. The van der Waals surface area contributed by atoms with Gasteiger partial charge in [-0.1, -0.05) is 12.2 Å². The Labute approximate surface area is 102 Å². The van der Waals surface area contributed by atoms with Gasteiger partial charge in [0.25, 0.3) is 0 Å². The summed E-state index contributed by atoms with van der Waals surface area (Å²) in [5.74, 6) is 0.500. The predicted molar refractivity (Wildman–Crippen MR) is 67.4 cm³/mol. The maximum atomic E-state index is 5.48. The predicted octanol–water partition coefficient (Wildman–Crippen LogP) is 1.18. The summed E-state index contributed by atoms with van der Waals surface area (Å²) in [5.41, 5.74) is 6.04. The van der Waals surface area contributed by atoms with Gasteiger partial charge in [0, 0.05) is 17.8 Å². The number of nitrogens with one attached hydrogen (secondary N) is 1. The second kappa shape index (κ2) is 4.95. The van der Waals surface area contributed by atoms with Crippen LogP contribution in [0.1, 0.15) is 10.7 Å². The molecule has 7 heteroatoms. The topological polar surface area (TPSA) is 76.7 Å². The van der Waals surface area contributed by atoms with Gasteiger partial charge in [-0.15, -0.1) is 11.3 Å². The number of hydrogen-bond acceptors (Lipinski definition) is 6. The fourth-order valence-electron chi connectivity index (χ4n) is 1.08. The normalized spacial score (nSPS) is 10.0. The van der Waals surface area contributed by atoms with Crippen LogP contribution in [0.5, 0.6) is 0 Å². The highest BCUT2D eigenvalue weighted by molar-refractivity contribution is 7.80. The highest BCUT2D eigenvalue weighted by Crippen LogP contribution is 2.07. The molecule has 0 saturated heterocycles. The summed E-state index contributed by atoms with van der Waals surface area (Å²) < 4.78 is 0. The van der Waals surface area contributed by atoms with Crippen LogP contribution in [-0.2, 0) is 6.54 Å². The summed E-state index contributed by atoms with van der Waals surface area (Å²) in [6.45, 7) is 0.596. The molecular weight excluding hydrogens is 242 g/mol. The molecule has 82 valence electrons. The SMILES string of the molecule is NC(=S)c1ccnc(NCc2nccs2)n1. The molecule has 3 N–H and O–H groups in total. The van der Waals surface area contributed by atoms with Gasteiger partial charge in [0.15, 0.2) is 0 Å². The molecule has 0 aliphatic carbocycles. The minimum Gasteiger partial charge on any atom is -0.388 e. The van der Waals surface area contributed by atoms with Crippen molar-refractivity contribution < 1.29 is 0 Å². The summed E-state index contributed by atoms with van der Waals surface area (Å²) in [5, 5.41) is 5.95. The second-order valence-corrected chi connectivity index (χ2v) is 4.33. The Kier molecular flexibility index (Phi) is 3.37. The highest BCUT2D eigenvalue weighted by Gasteiger charge is 2.02. The van der Waals surface area contributed by atoms with Gasteiger partial charge in [0.1, 0.15) is 15.7 Å². The van der Waals surface area contributed by atoms with Crippen LogP contribution in [0, 0.1) is 0 Å². The van der Waals surface area contributed by atoms with Crippen LogP contribution in [0.25, 0.3) is 0 Å². The average Bonchev–Trinajstić information content (AvgIpc) is 2.79. The lowest BCUT2D eigenvalue weighted by Gasteiger charge is -2.03. The van der Waals surface area contributed by atoms with Crippen LogP contribution in [0.3, 0.4) is 0 Å². The van der Waals surface area contributed by atoms with Gasteiger partial charge in [-0.25, -0.2) is 15.0 Å². The van der Waals surface area contributed by atoms with Gasteiger partial charge in [0.05, 0.1) is 6.54 Å². The van der Waals surface area contributed by atoms with Crippen molar-refractivity contribution in [3.05, 3.63) is 34.5 Å². The molecule has 0 amide bonds. The molecular formula is C9H9N5S2.